The normalized spacial score (nSPS) is 10.8. The molecule has 0 fully saturated rings. The molecule has 0 saturated carbocycles. The van der Waals surface area contributed by atoms with Gasteiger partial charge in [-0.05, 0) is 35.9 Å². The molecule has 0 radical (unpaired) electrons. The summed E-state index contributed by atoms with van der Waals surface area (Å²) in [5.74, 6) is 0.358. The number of benzene rings is 3. The number of fused-ring (bicyclic) bond motifs is 1. The maximum Gasteiger partial charge on any atom is 0.124 e. The standard InChI is InChI=1S/C17H14O2/c1-11-6-8-15(18)14(10-11)17-13-5-3-2-4-12(13)7-9-16(17)19/h2-10,18-19H,1H3. The summed E-state index contributed by atoms with van der Waals surface area (Å²) in [4.78, 5) is 0. The van der Waals surface area contributed by atoms with Gasteiger partial charge in [-0.3, -0.25) is 0 Å². The molecule has 19 heavy (non-hydrogen) atoms. The average molecular weight is 250 g/mol. The molecule has 0 aromatic heterocycles. The molecule has 0 spiro atoms. The van der Waals surface area contributed by atoms with E-state index in [1.807, 2.05) is 49.4 Å². The SMILES string of the molecule is Cc1ccc(O)c(-c2c(O)ccc3ccccc23)c1. The Balaban J connectivity index is 2.41. The fourth-order valence-electron chi connectivity index (χ4n) is 2.39. The van der Waals surface area contributed by atoms with Crippen LogP contribution in [0.5, 0.6) is 11.5 Å². The van der Waals surface area contributed by atoms with E-state index in [0.717, 1.165) is 16.3 Å². The van der Waals surface area contributed by atoms with Crippen LogP contribution in [0.2, 0.25) is 0 Å². The highest BCUT2D eigenvalue weighted by atomic mass is 16.3. The Morgan fingerprint density at radius 2 is 1.53 bits per heavy atom. The highest BCUT2D eigenvalue weighted by Gasteiger charge is 2.12. The molecule has 0 aliphatic carbocycles. The predicted molar refractivity (Wildman–Crippen MR) is 77.5 cm³/mol. The highest BCUT2D eigenvalue weighted by molar-refractivity contribution is 6.00. The number of aromatic hydroxyl groups is 2. The van der Waals surface area contributed by atoms with E-state index in [4.69, 9.17) is 0 Å². The van der Waals surface area contributed by atoms with Crippen LogP contribution in [-0.2, 0) is 0 Å². The van der Waals surface area contributed by atoms with Crippen molar-refractivity contribution in [3.05, 3.63) is 60.2 Å². The van der Waals surface area contributed by atoms with Crippen molar-refractivity contribution in [2.45, 2.75) is 6.92 Å². The lowest BCUT2D eigenvalue weighted by Crippen LogP contribution is -1.85. The minimum absolute atomic E-state index is 0.178. The third-order valence-electron chi connectivity index (χ3n) is 3.33. The van der Waals surface area contributed by atoms with Crippen LogP contribution in [0, 0.1) is 6.92 Å². The van der Waals surface area contributed by atoms with Gasteiger partial charge in [-0.15, -0.1) is 0 Å². The van der Waals surface area contributed by atoms with Gasteiger partial charge in [-0.1, -0.05) is 42.0 Å². The van der Waals surface area contributed by atoms with E-state index in [1.54, 1.807) is 12.1 Å². The maximum atomic E-state index is 10.2. The summed E-state index contributed by atoms with van der Waals surface area (Å²) in [6, 6.07) is 16.8. The quantitative estimate of drug-likeness (QED) is 0.678. The zero-order chi connectivity index (χ0) is 13.4. The van der Waals surface area contributed by atoms with Crippen LogP contribution in [0.3, 0.4) is 0 Å². The van der Waals surface area contributed by atoms with Gasteiger partial charge in [0.25, 0.3) is 0 Å². The van der Waals surface area contributed by atoms with Gasteiger partial charge in [0.1, 0.15) is 11.5 Å². The Morgan fingerprint density at radius 1 is 0.789 bits per heavy atom. The molecule has 2 N–H and O–H groups in total. The van der Waals surface area contributed by atoms with Crippen molar-refractivity contribution in [3.8, 4) is 22.6 Å². The van der Waals surface area contributed by atoms with E-state index < -0.39 is 0 Å². The van der Waals surface area contributed by atoms with Gasteiger partial charge in [-0.2, -0.15) is 0 Å². The van der Waals surface area contributed by atoms with E-state index in [1.165, 1.54) is 0 Å². The van der Waals surface area contributed by atoms with Crippen molar-refractivity contribution in [1.29, 1.82) is 0 Å². The molecule has 0 amide bonds. The van der Waals surface area contributed by atoms with Crippen LogP contribution in [0.15, 0.2) is 54.6 Å². The Kier molecular flexibility index (Phi) is 2.64. The Morgan fingerprint density at radius 3 is 2.37 bits per heavy atom. The lowest BCUT2D eigenvalue weighted by molar-refractivity contribution is 0.469. The lowest BCUT2D eigenvalue weighted by Gasteiger charge is -2.11. The largest absolute Gasteiger partial charge is 0.507 e. The summed E-state index contributed by atoms with van der Waals surface area (Å²) in [6.45, 7) is 1.96. The molecule has 0 heterocycles. The van der Waals surface area contributed by atoms with Gasteiger partial charge in [0, 0.05) is 11.1 Å². The van der Waals surface area contributed by atoms with E-state index in [-0.39, 0.29) is 11.5 Å². The first kappa shape index (κ1) is 11.6. The molecule has 2 nitrogen and oxygen atoms in total. The molecular weight excluding hydrogens is 236 g/mol. The molecule has 0 saturated heterocycles. The van der Waals surface area contributed by atoms with Crippen LogP contribution >= 0.6 is 0 Å². The first-order valence-electron chi connectivity index (χ1n) is 6.17. The molecule has 3 aromatic rings. The van der Waals surface area contributed by atoms with Gasteiger partial charge >= 0.3 is 0 Å². The molecule has 0 unspecified atom stereocenters. The summed E-state index contributed by atoms with van der Waals surface area (Å²) < 4.78 is 0. The number of hydrogen-bond donors (Lipinski definition) is 2. The predicted octanol–water partition coefficient (Wildman–Crippen LogP) is 4.23. The van der Waals surface area contributed by atoms with Gasteiger partial charge in [0.05, 0.1) is 0 Å². The second kappa shape index (κ2) is 4.32. The fourth-order valence-corrected chi connectivity index (χ4v) is 2.39. The third-order valence-corrected chi connectivity index (χ3v) is 3.33. The summed E-state index contributed by atoms with van der Waals surface area (Å²) in [5.41, 5.74) is 2.38. The molecule has 2 heteroatoms. The summed E-state index contributed by atoms with van der Waals surface area (Å²) in [5, 5.41) is 22.2. The molecule has 3 rings (SSSR count). The van der Waals surface area contributed by atoms with Gasteiger partial charge in [0.15, 0.2) is 0 Å². The van der Waals surface area contributed by atoms with E-state index in [0.29, 0.717) is 11.1 Å². The number of phenols is 2. The van der Waals surface area contributed by atoms with E-state index >= 15 is 0 Å². The van der Waals surface area contributed by atoms with Gasteiger partial charge < -0.3 is 10.2 Å². The highest BCUT2D eigenvalue weighted by Crippen LogP contribution is 2.40. The average Bonchev–Trinajstić information content (AvgIpc) is 2.42. The third kappa shape index (κ3) is 1.91. The molecule has 94 valence electrons. The van der Waals surface area contributed by atoms with Crippen LogP contribution in [0.25, 0.3) is 21.9 Å². The maximum absolute atomic E-state index is 10.2. The van der Waals surface area contributed by atoms with Crippen molar-refractivity contribution < 1.29 is 10.2 Å². The number of phenolic OH excluding ortho intramolecular Hbond substituents is 2. The topological polar surface area (TPSA) is 40.5 Å². The minimum Gasteiger partial charge on any atom is -0.507 e. The minimum atomic E-state index is 0.178. The van der Waals surface area contributed by atoms with Gasteiger partial charge in [-0.25, -0.2) is 0 Å². The molecule has 0 aliphatic heterocycles. The second-order valence-corrected chi connectivity index (χ2v) is 4.70. The van der Waals surface area contributed by atoms with Crippen molar-refractivity contribution in [3.63, 3.8) is 0 Å². The van der Waals surface area contributed by atoms with E-state index in [9.17, 15) is 10.2 Å². The monoisotopic (exact) mass is 250 g/mol. The lowest BCUT2D eigenvalue weighted by atomic mass is 9.95. The summed E-state index contributed by atoms with van der Waals surface area (Å²) in [7, 11) is 0. The van der Waals surface area contributed by atoms with E-state index in [2.05, 4.69) is 0 Å². The zero-order valence-electron chi connectivity index (χ0n) is 10.6. The Labute approximate surface area is 111 Å². The van der Waals surface area contributed by atoms with Crippen LogP contribution in [-0.4, -0.2) is 10.2 Å². The molecule has 0 atom stereocenters. The molecule has 0 aliphatic rings. The molecular formula is C17H14O2. The molecule has 3 aromatic carbocycles. The first-order chi connectivity index (χ1) is 9.16. The fraction of sp³-hybridized carbons (Fsp3) is 0.0588. The smallest absolute Gasteiger partial charge is 0.124 e. The second-order valence-electron chi connectivity index (χ2n) is 4.70. The summed E-state index contributed by atoms with van der Waals surface area (Å²) in [6.07, 6.45) is 0. The van der Waals surface area contributed by atoms with Crippen LogP contribution < -0.4 is 0 Å². The first-order valence-corrected chi connectivity index (χ1v) is 6.17. The van der Waals surface area contributed by atoms with Crippen molar-refractivity contribution in [2.75, 3.05) is 0 Å². The number of hydrogen-bond acceptors (Lipinski definition) is 2. The van der Waals surface area contributed by atoms with Crippen molar-refractivity contribution in [2.24, 2.45) is 0 Å². The van der Waals surface area contributed by atoms with Crippen LogP contribution in [0.4, 0.5) is 0 Å². The number of aryl methyl sites for hydroxylation is 1. The zero-order valence-corrected chi connectivity index (χ0v) is 10.6. The van der Waals surface area contributed by atoms with Crippen LogP contribution in [0.1, 0.15) is 5.56 Å². The summed E-state index contributed by atoms with van der Waals surface area (Å²) >= 11 is 0. The Hall–Kier alpha value is -2.48. The van der Waals surface area contributed by atoms with Gasteiger partial charge in [0.2, 0.25) is 0 Å². The Bertz CT molecular complexity index is 760. The number of rotatable bonds is 1. The molecule has 0 bridgehead atoms. The van der Waals surface area contributed by atoms with Crippen molar-refractivity contribution in [1.82, 2.24) is 0 Å². The van der Waals surface area contributed by atoms with Crippen molar-refractivity contribution >= 4 is 10.8 Å².